The highest BCUT2D eigenvalue weighted by Gasteiger charge is 2.29. The van der Waals surface area contributed by atoms with E-state index < -0.39 is 0 Å². The number of hydrogen-bond donors (Lipinski definition) is 1. The lowest BCUT2D eigenvalue weighted by molar-refractivity contribution is 0.0848. The van der Waals surface area contributed by atoms with E-state index in [1.54, 1.807) is 7.11 Å². The van der Waals surface area contributed by atoms with Crippen LogP contribution >= 0.6 is 0 Å². The number of likely N-dealkylation sites (tertiary alicyclic amines) is 1. The number of nitrogens with zero attached hydrogens (tertiary/aromatic N) is 1. The predicted molar refractivity (Wildman–Crippen MR) is 85.6 cm³/mol. The van der Waals surface area contributed by atoms with E-state index in [2.05, 4.69) is 36.1 Å². The minimum Gasteiger partial charge on any atom is -0.494 e. The van der Waals surface area contributed by atoms with Crippen LogP contribution in [0.2, 0.25) is 0 Å². The molecule has 2 N–H and O–H groups in total. The number of rotatable bonds is 7. The summed E-state index contributed by atoms with van der Waals surface area (Å²) in [7, 11) is 1.75. The van der Waals surface area contributed by atoms with Crippen molar-refractivity contribution in [3.8, 4) is 5.75 Å². The Morgan fingerprint density at radius 3 is 2.67 bits per heavy atom. The molecule has 2 rings (SSSR count). The predicted octanol–water partition coefficient (Wildman–Crippen LogP) is 2.59. The van der Waals surface area contributed by atoms with Gasteiger partial charge in [-0.25, -0.2) is 0 Å². The maximum atomic E-state index is 6.38. The van der Waals surface area contributed by atoms with Gasteiger partial charge in [-0.3, -0.25) is 4.90 Å². The summed E-state index contributed by atoms with van der Waals surface area (Å²) in [5.74, 6) is 0.938. The molecular formula is C17H28N2O2. The van der Waals surface area contributed by atoms with Crippen molar-refractivity contribution in [3.63, 3.8) is 0 Å². The minimum atomic E-state index is 0.193. The fourth-order valence-electron chi connectivity index (χ4n) is 3.00. The first-order valence-electron chi connectivity index (χ1n) is 7.97. The van der Waals surface area contributed by atoms with Gasteiger partial charge >= 0.3 is 0 Å². The zero-order valence-electron chi connectivity index (χ0n) is 13.3. The first-order valence-corrected chi connectivity index (χ1v) is 7.97. The fourth-order valence-corrected chi connectivity index (χ4v) is 3.00. The zero-order valence-corrected chi connectivity index (χ0v) is 13.3. The van der Waals surface area contributed by atoms with Gasteiger partial charge in [0, 0.05) is 25.7 Å². The lowest BCUT2D eigenvalue weighted by Crippen LogP contribution is -2.46. The molecule has 118 valence electrons. The summed E-state index contributed by atoms with van der Waals surface area (Å²) in [6, 6.07) is 8.90. The van der Waals surface area contributed by atoms with Crippen LogP contribution < -0.4 is 10.5 Å². The average molecular weight is 292 g/mol. The number of benzene rings is 1. The molecule has 0 aliphatic carbocycles. The van der Waals surface area contributed by atoms with Crippen molar-refractivity contribution >= 4 is 0 Å². The lowest BCUT2D eigenvalue weighted by Gasteiger charge is -2.40. The van der Waals surface area contributed by atoms with Crippen molar-refractivity contribution < 1.29 is 9.47 Å². The third kappa shape index (κ3) is 4.43. The van der Waals surface area contributed by atoms with Gasteiger partial charge < -0.3 is 15.2 Å². The van der Waals surface area contributed by atoms with Gasteiger partial charge in [0.1, 0.15) is 5.75 Å². The van der Waals surface area contributed by atoms with Crippen molar-refractivity contribution in [3.05, 3.63) is 29.8 Å². The molecule has 2 atom stereocenters. The van der Waals surface area contributed by atoms with E-state index in [0.717, 1.165) is 44.9 Å². The normalized spacial score (nSPS) is 23.2. The highest BCUT2D eigenvalue weighted by atomic mass is 16.5. The average Bonchev–Trinajstić information content (AvgIpc) is 2.51. The van der Waals surface area contributed by atoms with Gasteiger partial charge in [-0.05, 0) is 43.5 Å². The van der Waals surface area contributed by atoms with Crippen LogP contribution in [-0.4, -0.2) is 44.4 Å². The van der Waals surface area contributed by atoms with Crippen molar-refractivity contribution in [2.75, 3.05) is 33.4 Å². The molecule has 0 spiro atoms. The third-order valence-electron chi connectivity index (χ3n) is 4.06. The Bertz CT molecular complexity index is 408. The SMILES string of the molecule is CCCOc1ccc(C2C(N)CCCN2CCOC)cc1. The van der Waals surface area contributed by atoms with Gasteiger partial charge in [0.2, 0.25) is 0 Å². The van der Waals surface area contributed by atoms with E-state index in [1.165, 1.54) is 12.0 Å². The second kappa shape index (κ2) is 8.37. The lowest BCUT2D eigenvalue weighted by atomic mass is 9.91. The number of piperidine rings is 1. The topological polar surface area (TPSA) is 47.7 Å². The fraction of sp³-hybridized carbons (Fsp3) is 0.647. The molecule has 1 fully saturated rings. The first-order chi connectivity index (χ1) is 10.3. The molecule has 0 amide bonds. The maximum Gasteiger partial charge on any atom is 0.119 e. The molecular weight excluding hydrogens is 264 g/mol. The number of ether oxygens (including phenoxy) is 2. The molecule has 0 radical (unpaired) electrons. The van der Waals surface area contributed by atoms with Gasteiger partial charge in [0.05, 0.1) is 13.2 Å². The zero-order chi connectivity index (χ0) is 15.1. The molecule has 1 aliphatic rings. The third-order valence-corrected chi connectivity index (χ3v) is 4.06. The van der Waals surface area contributed by atoms with E-state index in [-0.39, 0.29) is 12.1 Å². The molecule has 2 unspecified atom stereocenters. The van der Waals surface area contributed by atoms with E-state index in [9.17, 15) is 0 Å². The van der Waals surface area contributed by atoms with Crippen LogP contribution in [0, 0.1) is 0 Å². The number of nitrogens with two attached hydrogens (primary N) is 1. The molecule has 21 heavy (non-hydrogen) atoms. The van der Waals surface area contributed by atoms with Gasteiger partial charge in [-0.15, -0.1) is 0 Å². The molecule has 1 heterocycles. The van der Waals surface area contributed by atoms with E-state index in [1.807, 2.05) is 0 Å². The van der Waals surface area contributed by atoms with E-state index >= 15 is 0 Å². The van der Waals surface area contributed by atoms with Gasteiger partial charge in [0.25, 0.3) is 0 Å². The summed E-state index contributed by atoms with van der Waals surface area (Å²) in [5.41, 5.74) is 7.66. The second-order valence-electron chi connectivity index (χ2n) is 5.70. The summed E-state index contributed by atoms with van der Waals surface area (Å²) < 4.78 is 10.9. The van der Waals surface area contributed by atoms with Crippen LogP contribution in [0.5, 0.6) is 5.75 Å². The molecule has 0 bridgehead atoms. The summed E-state index contributed by atoms with van der Waals surface area (Å²) in [6.45, 7) is 5.66. The Morgan fingerprint density at radius 2 is 2.00 bits per heavy atom. The molecule has 0 aromatic heterocycles. The Kier molecular flexibility index (Phi) is 6.49. The van der Waals surface area contributed by atoms with Crippen molar-refractivity contribution in [1.29, 1.82) is 0 Å². The van der Waals surface area contributed by atoms with Gasteiger partial charge in [0.15, 0.2) is 0 Å². The van der Waals surface area contributed by atoms with Gasteiger partial charge in [-0.1, -0.05) is 19.1 Å². The first kappa shape index (κ1) is 16.3. The largest absolute Gasteiger partial charge is 0.494 e. The quantitative estimate of drug-likeness (QED) is 0.839. The summed E-state index contributed by atoms with van der Waals surface area (Å²) in [5, 5.41) is 0. The molecule has 1 aliphatic heterocycles. The number of methoxy groups -OCH3 is 1. The standard InChI is InChI=1S/C17H28N2O2/c1-3-12-21-15-8-6-14(7-9-15)17-16(18)5-4-10-19(17)11-13-20-2/h6-9,16-17H,3-5,10-13,18H2,1-2H3. The smallest absolute Gasteiger partial charge is 0.119 e. The molecule has 1 aromatic carbocycles. The second-order valence-corrected chi connectivity index (χ2v) is 5.70. The van der Waals surface area contributed by atoms with Crippen LogP contribution in [-0.2, 0) is 4.74 Å². The molecule has 4 heteroatoms. The van der Waals surface area contributed by atoms with Crippen LogP contribution in [0.25, 0.3) is 0 Å². The minimum absolute atomic E-state index is 0.193. The Balaban J connectivity index is 2.07. The van der Waals surface area contributed by atoms with Crippen LogP contribution in [0.1, 0.15) is 37.8 Å². The Morgan fingerprint density at radius 1 is 1.24 bits per heavy atom. The Labute approximate surface area is 128 Å². The maximum absolute atomic E-state index is 6.38. The highest BCUT2D eigenvalue weighted by molar-refractivity contribution is 5.30. The monoisotopic (exact) mass is 292 g/mol. The summed E-state index contributed by atoms with van der Waals surface area (Å²) in [6.07, 6.45) is 3.28. The van der Waals surface area contributed by atoms with Crippen LogP contribution in [0.15, 0.2) is 24.3 Å². The van der Waals surface area contributed by atoms with Crippen LogP contribution in [0.3, 0.4) is 0 Å². The van der Waals surface area contributed by atoms with Crippen molar-refractivity contribution in [1.82, 2.24) is 4.90 Å². The van der Waals surface area contributed by atoms with Crippen molar-refractivity contribution in [2.24, 2.45) is 5.73 Å². The van der Waals surface area contributed by atoms with Gasteiger partial charge in [-0.2, -0.15) is 0 Å². The van der Waals surface area contributed by atoms with Crippen molar-refractivity contribution in [2.45, 2.75) is 38.3 Å². The van der Waals surface area contributed by atoms with E-state index in [4.69, 9.17) is 15.2 Å². The highest BCUT2D eigenvalue weighted by Crippen LogP contribution is 2.30. The molecule has 0 saturated carbocycles. The molecule has 4 nitrogen and oxygen atoms in total. The molecule has 1 aromatic rings. The summed E-state index contributed by atoms with van der Waals surface area (Å²) >= 11 is 0. The Hall–Kier alpha value is -1.10. The summed E-state index contributed by atoms with van der Waals surface area (Å²) in [4.78, 5) is 2.44. The molecule has 1 saturated heterocycles. The van der Waals surface area contributed by atoms with E-state index in [0.29, 0.717) is 0 Å². The van der Waals surface area contributed by atoms with Crippen LogP contribution in [0.4, 0.5) is 0 Å². The number of hydrogen-bond acceptors (Lipinski definition) is 4.